The molecule has 1 atom stereocenters. The molecule has 2 aromatic rings. The van der Waals surface area contributed by atoms with E-state index in [1.807, 2.05) is 0 Å². The van der Waals surface area contributed by atoms with Crippen molar-refractivity contribution >= 4 is 5.91 Å². The first-order valence-electron chi connectivity index (χ1n) is 6.91. The van der Waals surface area contributed by atoms with Gasteiger partial charge in [-0.3, -0.25) is 10.1 Å². The topological polar surface area (TPSA) is 58.1 Å². The van der Waals surface area contributed by atoms with Crippen molar-refractivity contribution in [3.63, 3.8) is 0 Å². The van der Waals surface area contributed by atoms with Gasteiger partial charge in [0, 0.05) is 31.4 Å². The number of nitrogens with zero attached hydrogens (tertiary/aromatic N) is 3. The molecule has 0 fully saturated rings. The largest absolute Gasteiger partial charge is 0.332 e. The molecule has 3 heterocycles. The standard InChI is InChI=1S/C15H12F2N4O/c16-11-1-8-5-21(6-9(8)2-12(11)17)15(22)14-10-3-18-7-20-13(10)4-19-14/h1-3,7,14,19H,4-6H2. The number of carbonyl (C=O) groups excluding carboxylic acids is 1. The normalized spacial score (nSPS) is 19.2. The highest BCUT2D eigenvalue weighted by Gasteiger charge is 2.35. The second-order valence-corrected chi connectivity index (χ2v) is 5.47. The second-order valence-electron chi connectivity index (χ2n) is 5.47. The zero-order valence-electron chi connectivity index (χ0n) is 11.5. The van der Waals surface area contributed by atoms with Crippen LogP contribution in [0.3, 0.4) is 0 Å². The average molecular weight is 302 g/mol. The number of carbonyl (C=O) groups is 1. The summed E-state index contributed by atoms with van der Waals surface area (Å²) in [4.78, 5) is 22.4. The lowest BCUT2D eigenvalue weighted by molar-refractivity contribution is -0.134. The number of rotatable bonds is 1. The minimum absolute atomic E-state index is 0.134. The summed E-state index contributed by atoms with van der Waals surface area (Å²) in [5.41, 5.74) is 2.87. The Bertz CT molecular complexity index is 749. The van der Waals surface area contributed by atoms with Crippen LogP contribution in [0.2, 0.25) is 0 Å². The van der Waals surface area contributed by atoms with Crippen molar-refractivity contribution in [2.75, 3.05) is 0 Å². The lowest BCUT2D eigenvalue weighted by Gasteiger charge is -2.20. The van der Waals surface area contributed by atoms with Gasteiger partial charge in [0.05, 0.1) is 5.69 Å². The number of amides is 1. The Morgan fingerprint density at radius 2 is 1.91 bits per heavy atom. The van der Waals surface area contributed by atoms with Crippen molar-refractivity contribution in [3.8, 4) is 0 Å². The molecule has 112 valence electrons. The van der Waals surface area contributed by atoms with Crippen LogP contribution in [0.15, 0.2) is 24.7 Å². The van der Waals surface area contributed by atoms with Crippen LogP contribution in [-0.2, 0) is 24.4 Å². The van der Waals surface area contributed by atoms with Crippen molar-refractivity contribution in [3.05, 3.63) is 58.7 Å². The summed E-state index contributed by atoms with van der Waals surface area (Å²) in [6.45, 7) is 1.08. The first-order valence-corrected chi connectivity index (χ1v) is 6.91. The molecule has 1 N–H and O–H groups in total. The predicted octanol–water partition coefficient (Wildman–Crippen LogP) is 1.44. The summed E-state index contributed by atoms with van der Waals surface area (Å²) in [5, 5.41) is 3.11. The van der Waals surface area contributed by atoms with Crippen molar-refractivity contribution in [1.29, 1.82) is 0 Å². The molecule has 0 aliphatic carbocycles. The fraction of sp³-hybridized carbons (Fsp3) is 0.267. The molecule has 2 aliphatic rings. The summed E-state index contributed by atoms with van der Waals surface area (Å²) in [7, 11) is 0. The Hall–Kier alpha value is -2.41. The van der Waals surface area contributed by atoms with Gasteiger partial charge in [-0.2, -0.15) is 0 Å². The summed E-state index contributed by atoms with van der Waals surface area (Å²) in [6, 6.07) is 1.83. The molecule has 0 spiro atoms. The van der Waals surface area contributed by atoms with Crippen LogP contribution < -0.4 is 5.32 Å². The second kappa shape index (κ2) is 4.81. The summed E-state index contributed by atoms with van der Waals surface area (Å²) < 4.78 is 26.6. The molecule has 0 radical (unpaired) electrons. The van der Waals surface area contributed by atoms with Crippen LogP contribution >= 0.6 is 0 Å². The molecule has 0 bridgehead atoms. The molecule has 7 heteroatoms. The third-order valence-electron chi connectivity index (χ3n) is 4.14. The quantitative estimate of drug-likeness (QED) is 0.866. The minimum atomic E-state index is -0.884. The highest BCUT2D eigenvalue weighted by atomic mass is 19.2. The van der Waals surface area contributed by atoms with Crippen molar-refractivity contribution in [2.45, 2.75) is 25.7 Å². The molecule has 1 aromatic carbocycles. The fourth-order valence-corrected chi connectivity index (χ4v) is 3.01. The first kappa shape index (κ1) is 13.3. The third-order valence-corrected chi connectivity index (χ3v) is 4.14. The number of nitrogens with one attached hydrogen (secondary N) is 1. The number of aromatic nitrogens is 2. The molecule has 1 amide bonds. The number of hydrogen-bond donors (Lipinski definition) is 1. The molecule has 0 saturated carbocycles. The van der Waals surface area contributed by atoms with E-state index in [4.69, 9.17) is 0 Å². The van der Waals surface area contributed by atoms with Crippen LogP contribution in [-0.4, -0.2) is 20.8 Å². The van der Waals surface area contributed by atoms with Gasteiger partial charge in [-0.15, -0.1) is 0 Å². The molecule has 5 nitrogen and oxygen atoms in total. The molecule has 1 unspecified atom stereocenters. The van der Waals surface area contributed by atoms with Crippen LogP contribution in [0.1, 0.15) is 28.4 Å². The van der Waals surface area contributed by atoms with Gasteiger partial charge in [-0.25, -0.2) is 18.7 Å². The lowest BCUT2D eigenvalue weighted by atomic mass is 10.1. The number of fused-ring (bicyclic) bond motifs is 2. The highest BCUT2D eigenvalue weighted by Crippen LogP contribution is 2.30. The van der Waals surface area contributed by atoms with Gasteiger partial charge < -0.3 is 4.90 Å². The van der Waals surface area contributed by atoms with E-state index >= 15 is 0 Å². The van der Waals surface area contributed by atoms with Crippen LogP contribution in [0.4, 0.5) is 8.78 Å². The van der Waals surface area contributed by atoms with Gasteiger partial charge in [0.2, 0.25) is 5.91 Å². The predicted molar refractivity (Wildman–Crippen MR) is 72.2 cm³/mol. The summed E-state index contributed by atoms with van der Waals surface area (Å²) in [6.07, 6.45) is 3.08. The Balaban J connectivity index is 1.59. The maximum Gasteiger partial charge on any atom is 0.245 e. The van der Waals surface area contributed by atoms with E-state index in [1.165, 1.54) is 6.33 Å². The van der Waals surface area contributed by atoms with Crippen LogP contribution in [0.25, 0.3) is 0 Å². The van der Waals surface area contributed by atoms with Gasteiger partial charge in [0.25, 0.3) is 0 Å². The first-order chi connectivity index (χ1) is 10.6. The van der Waals surface area contributed by atoms with Gasteiger partial charge in [0.15, 0.2) is 11.6 Å². The zero-order valence-corrected chi connectivity index (χ0v) is 11.5. The Morgan fingerprint density at radius 1 is 1.23 bits per heavy atom. The monoisotopic (exact) mass is 302 g/mol. The van der Waals surface area contributed by atoms with Crippen LogP contribution in [0.5, 0.6) is 0 Å². The van der Waals surface area contributed by atoms with Gasteiger partial charge >= 0.3 is 0 Å². The van der Waals surface area contributed by atoms with Gasteiger partial charge in [0.1, 0.15) is 12.4 Å². The smallest absolute Gasteiger partial charge is 0.245 e. The maximum atomic E-state index is 13.3. The van der Waals surface area contributed by atoms with E-state index in [-0.39, 0.29) is 19.0 Å². The maximum absolute atomic E-state index is 13.3. The van der Waals surface area contributed by atoms with Crippen molar-refractivity contribution in [1.82, 2.24) is 20.2 Å². The summed E-state index contributed by atoms with van der Waals surface area (Å²) in [5.74, 6) is -1.90. The van der Waals surface area contributed by atoms with E-state index in [2.05, 4.69) is 15.3 Å². The lowest BCUT2D eigenvalue weighted by Crippen LogP contribution is -2.35. The number of hydrogen-bond acceptors (Lipinski definition) is 4. The van der Waals surface area contributed by atoms with E-state index in [0.717, 1.165) is 23.4 Å². The van der Waals surface area contributed by atoms with E-state index in [9.17, 15) is 13.6 Å². The average Bonchev–Trinajstić information content (AvgIpc) is 3.11. The minimum Gasteiger partial charge on any atom is -0.332 e. The Morgan fingerprint density at radius 3 is 2.59 bits per heavy atom. The SMILES string of the molecule is O=C(C1NCc2ncncc21)N1Cc2cc(F)c(F)cc2C1. The molecular weight excluding hydrogens is 290 g/mol. The molecule has 1 aromatic heterocycles. The van der Waals surface area contributed by atoms with E-state index in [0.29, 0.717) is 17.7 Å². The zero-order chi connectivity index (χ0) is 15.3. The van der Waals surface area contributed by atoms with Gasteiger partial charge in [-0.1, -0.05) is 0 Å². The fourth-order valence-electron chi connectivity index (χ4n) is 3.01. The third kappa shape index (κ3) is 1.97. The Kier molecular flexibility index (Phi) is 2.90. The molecule has 22 heavy (non-hydrogen) atoms. The van der Waals surface area contributed by atoms with Crippen molar-refractivity contribution in [2.24, 2.45) is 0 Å². The molecule has 2 aliphatic heterocycles. The van der Waals surface area contributed by atoms with E-state index < -0.39 is 17.7 Å². The van der Waals surface area contributed by atoms with Crippen molar-refractivity contribution < 1.29 is 13.6 Å². The summed E-state index contributed by atoms with van der Waals surface area (Å²) >= 11 is 0. The van der Waals surface area contributed by atoms with Crippen LogP contribution in [0, 0.1) is 11.6 Å². The van der Waals surface area contributed by atoms with E-state index in [1.54, 1.807) is 11.1 Å². The molecular formula is C15H12F2N4O. The molecule has 4 rings (SSSR count). The number of halogens is 2. The highest BCUT2D eigenvalue weighted by molar-refractivity contribution is 5.84. The van der Waals surface area contributed by atoms with Gasteiger partial charge in [-0.05, 0) is 23.3 Å². The molecule has 0 saturated heterocycles. The Labute approximate surface area is 125 Å². The number of benzene rings is 1.